The van der Waals surface area contributed by atoms with E-state index in [1.54, 1.807) is 6.07 Å². The zero-order chi connectivity index (χ0) is 16.2. The smallest absolute Gasteiger partial charge is 0.159 e. The van der Waals surface area contributed by atoms with Crippen molar-refractivity contribution in [1.29, 1.82) is 0 Å². The Kier molecular flexibility index (Phi) is 5.03. The molecule has 1 aliphatic heterocycles. The van der Waals surface area contributed by atoms with E-state index in [4.69, 9.17) is 9.63 Å². The second-order valence-corrected chi connectivity index (χ2v) is 6.04. The lowest BCUT2D eigenvalue weighted by molar-refractivity contribution is 0.143. The van der Waals surface area contributed by atoms with E-state index >= 15 is 0 Å². The van der Waals surface area contributed by atoms with Crippen molar-refractivity contribution >= 4 is 0 Å². The lowest BCUT2D eigenvalue weighted by Crippen LogP contribution is -2.33. The third-order valence-electron chi connectivity index (χ3n) is 4.40. The van der Waals surface area contributed by atoms with Crippen molar-refractivity contribution in [2.45, 2.75) is 25.8 Å². The summed E-state index contributed by atoms with van der Waals surface area (Å²) in [6.45, 7) is 2.84. The summed E-state index contributed by atoms with van der Waals surface area (Å²) in [4.78, 5) is 2.28. The van der Waals surface area contributed by atoms with E-state index in [0.717, 1.165) is 44.5 Å². The maximum atomic E-state index is 13.3. The zero-order valence-electron chi connectivity index (χ0n) is 12.8. The summed E-state index contributed by atoms with van der Waals surface area (Å²) in [5, 5.41) is 12.9. The normalized spacial score (nSPS) is 16.8. The highest BCUT2D eigenvalue weighted by atomic mass is 19.2. The molecule has 2 heterocycles. The molecule has 0 spiro atoms. The van der Waals surface area contributed by atoms with Gasteiger partial charge in [0.15, 0.2) is 17.4 Å². The van der Waals surface area contributed by atoms with E-state index in [0.29, 0.717) is 29.5 Å². The van der Waals surface area contributed by atoms with Crippen LogP contribution in [0.4, 0.5) is 8.78 Å². The van der Waals surface area contributed by atoms with Crippen molar-refractivity contribution < 1.29 is 18.4 Å². The number of halogens is 2. The highest BCUT2D eigenvalue weighted by Gasteiger charge is 2.20. The van der Waals surface area contributed by atoms with Crippen LogP contribution in [0.2, 0.25) is 0 Å². The number of hydrogen-bond acceptors (Lipinski definition) is 4. The van der Waals surface area contributed by atoms with Crippen molar-refractivity contribution in [2.75, 3.05) is 19.7 Å². The summed E-state index contributed by atoms with van der Waals surface area (Å²) in [6, 6.07) is 5.47. The third kappa shape index (κ3) is 3.95. The lowest BCUT2D eigenvalue weighted by atomic mass is 9.94. The first kappa shape index (κ1) is 16.1. The first-order valence-corrected chi connectivity index (χ1v) is 7.90. The molecule has 4 nitrogen and oxygen atoms in total. The van der Waals surface area contributed by atoms with E-state index in [1.807, 2.05) is 0 Å². The summed E-state index contributed by atoms with van der Waals surface area (Å²) in [6.07, 6.45) is 3.02. The highest BCUT2D eigenvalue weighted by Crippen LogP contribution is 2.24. The molecule has 1 aromatic heterocycles. The fraction of sp³-hybridized carbons (Fsp3) is 0.471. The van der Waals surface area contributed by atoms with Crippen molar-refractivity contribution in [1.82, 2.24) is 10.1 Å². The second kappa shape index (κ2) is 7.19. The van der Waals surface area contributed by atoms with Gasteiger partial charge < -0.3 is 9.63 Å². The monoisotopic (exact) mass is 322 g/mol. The standard InChI is InChI=1S/C17H20F2N2O2/c18-15-2-1-13(9-16(15)19)17-10-14(23-20-17)11-21-6-3-12(4-7-21)5-8-22/h1-2,9-10,12,22H,3-8,11H2. The van der Waals surface area contributed by atoms with Crippen LogP contribution in [0.3, 0.4) is 0 Å². The Bertz CT molecular complexity index is 652. The van der Waals surface area contributed by atoms with Crippen LogP contribution in [0.1, 0.15) is 25.0 Å². The van der Waals surface area contributed by atoms with E-state index < -0.39 is 11.6 Å². The van der Waals surface area contributed by atoms with Gasteiger partial charge in [0.25, 0.3) is 0 Å². The highest BCUT2D eigenvalue weighted by molar-refractivity contribution is 5.58. The van der Waals surface area contributed by atoms with Gasteiger partial charge in [-0.15, -0.1) is 0 Å². The molecule has 0 amide bonds. The van der Waals surface area contributed by atoms with Crippen molar-refractivity contribution in [3.05, 3.63) is 41.7 Å². The zero-order valence-corrected chi connectivity index (χ0v) is 12.8. The van der Waals surface area contributed by atoms with Crippen LogP contribution in [-0.2, 0) is 6.54 Å². The minimum absolute atomic E-state index is 0.254. The molecule has 1 aromatic carbocycles. The summed E-state index contributed by atoms with van der Waals surface area (Å²) in [5.41, 5.74) is 1.01. The Morgan fingerprint density at radius 3 is 2.65 bits per heavy atom. The number of aliphatic hydroxyl groups is 1. The van der Waals surface area contributed by atoms with Gasteiger partial charge in [0.2, 0.25) is 0 Å². The first-order chi connectivity index (χ1) is 11.2. The number of aliphatic hydroxyl groups excluding tert-OH is 1. The predicted octanol–water partition coefficient (Wildman–Crippen LogP) is 3.21. The quantitative estimate of drug-likeness (QED) is 0.918. The summed E-state index contributed by atoms with van der Waals surface area (Å²) >= 11 is 0. The first-order valence-electron chi connectivity index (χ1n) is 7.90. The van der Waals surface area contributed by atoms with Gasteiger partial charge >= 0.3 is 0 Å². The minimum Gasteiger partial charge on any atom is -0.396 e. The van der Waals surface area contributed by atoms with Crippen molar-refractivity contribution in [3.8, 4) is 11.3 Å². The number of likely N-dealkylation sites (tertiary alicyclic amines) is 1. The maximum absolute atomic E-state index is 13.3. The molecule has 0 unspecified atom stereocenters. The summed E-state index contributed by atoms with van der Waals surface area (Å²) in [5.74, 6) is -0.449. The van der Waals surface area contributed by atoms with Crippen LogP contribution in [0.25, 0.3) is 11.3 Å². The Hall–Kier alpha value is -1.79. The molecule has 3 rings (SSSR count). The molecular weight excluding hydrogens is 302 g/mol. The third-order valence-corrected chi connectivity index (χ3v) is 4.40. The molecule has 1 saturated heterocycles. The average Bonchev–Trinajstić information content (AvgIpc) is 3.01. The number of piperidine rings is 1. The number of nitrogens with zero attached hydrogens (tertiary/aromatic N) is 2. The molecule has 0 bridgehead atoms. The Labute approximate surface area is 133 Å². The molecule has 0 aliphatic carbocycles. The maximum Gasteiger partial charge on any atom is 0.159 e. The topological polar surface area (TPSA) is 49.5 Å². The molecule has 1 fully saturated rings. The molecule has 0 radical (unpaired) electrons. The van der Waals surface area contributed by atoms with Gasteiger partial charge in [-0.3, -0.25) is 4.90 Å². The van der Waals surface area contributed by atoms with Crippen molar-refractivity contribution in [3.63, 3.8) is 0 Å². The Morgan fingerprint density at radius 2 is 1.96 bits per heavy atom. The summed E-state index contributed by atoms with van der Waals surface area (Å²) < 4.78 is 31.6. The lowest BCUT2D eigenvalue weighted by Gasteiger charge is -2.30. The van der Waals surface area contributed by atoms with Gasteiger partial charge in [0.05, 0.1) is 6.54 Å². The molecule has 23 heavy (non-hydrogen) atoms. The Morgan fingerprint density at radius 1 is 1.17 bits per heavy atom. The van der Waals surface area contributed by atoms with Gasteiger partial charge in [0.1, 0.15) is 5.69 Å². The van der Waals surface area contributed by atoms with E-state index in [9.17, 15) is 8.78 Å². The summed E-state index contributed by atoms with van der Waals surface area (Å²) in [7, 11) is 0. The molecule has 2 aromatic rings. The molecule has 124 valence electrons. The SMILES string of the molecule is OCCC1CCN(Cc2cc(-c3ccc(F)c(F)c3)no2)CC1. The largest absolute Gasteiger partial charge is 0.396 e. The number of rotatable bonds is 5. The van der Waals surface area contributed by atoms with Gasteiger partial charge in [-0.25, -0.2) is 8.78 Å². The van der Waals surface area contributed by atoms with Gasteiger partial charge in [0, 0.05) is 18.2 Å². The Balaban J connectivity index is 1.60. The van der Waals surface area contributed by atoms with Crippen LogP contribution in [0, 0.1) is 17.6 Å². The van der Waals surface area contributed by atoms with Crippen LogP contribution in [0.15, 0.2) is 28.8 Å². The molecule has 1 N–H and O–H groups in total. The van der Waals surface area contributed by atoms with Gasteiger partial charge in [-0.1, -0.05) is 5.16 Å². The van der Waals surface area contributed by atoms with Crippen LogP contribution >= 0.6 is 0 Å². The van der Waals surface area contributed by atoms with Crippen LogP contribution in [-0.4, -0.2) is 34.9 Å². The minimum atomic E-state index is -0.891. The molecule has 0 saturated carbocycles. The van der Waals surface area contributed by atoms with E-state index in [2.05, 4.69) is 10.1 Å². The van der Waals surface area contributed by atoms with Crippen LogP contribution in [0.5, 0.6) is 0 Å². The number of benzene rings is 1. The second-order valence-electron chi connectivity index (χ2n) is 6.04. The van der Waals surface area contributed by atoms with Crippen LogP contribution < -0.4 is 0 Å². The average molecular weight is 322 g/mol. The van der Waals surface area contributed by atoms with Crippen molar-refractivity contribution in [2.24, 2.45) is 5.92 Å². The fourth-order valence-electron chi connectivity index (χ4n) is 3.02. The number of hydrogen-bond donors (Lipinski definition) is 1. The predicted molar refractivity (Wildman–Crippen MR) is 81.6 cm³/mol. The molecule has 6 heteroatoms. The van der Waals surface area contributed by atoms with Gasteiger partial charge in [-0.2, -0.15) is 0 Å². The molecule has 0 atom stereocenters. The van der Waals surface area contributed by atoms with E-state index in [-0.39, 0.29) is 6.61 Å². The number of aromatic nitrogens is 1. The fourth-order valence-corrected chi connectivity index (χ4v) is 3.02. The molecule has 1 aliphatic rings. The van der Waals surface area contributed by atoms with Gasteiger partial charge in [-0.05, 0) is 56.5 Å². The molecular formula is C17H20F2N2O2. The van der Waals surface area contributed by atoms with E-state index in [1.165, 1.54) is 6.07 Å².